The molecule has 0 radical (unpaired) electrons. The topological polar surface area (TPSA) is 349 Å². The normalized spacial score (nSPS) is 20.4. The number of amides is 8. The number of nitrogens with zero attached hydrogens (tertiary/aromatic N) is 8. The average Bonchev–Trinajstić information content (AvgIpc) is 1.62. The van der Waals surface area contributed by atoms with Crippen LogP contribution in [0, 0.1) is 35.5 Å². The highest BCUT2D eigenvalue weighted by molar-refractivity contribution is 5.88. The number of aromatic amines is 4. The Hall–Kier alpha value is -11.3. The van der Waals surface area contributed by atoms with E-state index in [0.717, 1.165) is 105 Å². The smallest absolute Gasteiger partial charge is 0.425 e. The van der Waals surface area contributed by atoms with Crippen LogP contribution in [0.2, 0.25) is 0 Å². The van der Waals surface area contributed by atoms with Gasteiger partial charge in [0.15, 0.2) is 0 Å². The molecule has 0 bridgehead atoms. The summed E-state index contributed by atoms with van der Waals surface area (Å²) in [6.07, 6.45) is 11.4. The van der Waals surface area contributed by atoms with Crippen LogP contribution in [0.3, 0.4) is 0 Å². The van der Waals surface area contributed by atoms with Crippen LogP contribution >= 0.6 is 0 Å². The lowest BCUT2D eigenvalue weighted by atomic mass is 9.68. The van der Waals surface area contributed by atoms with Crippen molar-refractivity contribution in [1.29, 1.82) is 0 Å². The minimum Gasteiger partial charge on any atom is -0.453 e. The summed E-state index contributed by atoms with van der Waals surface area (Å²) in [5.74, 6) is -0.479. The molecule has 10 atom stereocenters. The van der Waals surface area contributed by atoms with Gasteiger partial charge in [-0.15, -0.1) is 0 Å². The molecule has 28 nitrogen and oxygen atoms in total. The van der Waals surface area contributed by atoms with Gasteiger partial charge in [-0.2, -0.15) is 0 Å². The van der Waals surface area contributed by atoms with Crippen LogP contribution in [0.4, 0.5) is 19.2 Å². The van der Waals surface area contributed by atoms with Gasteiger partial charge in [-0.3, -0.25) is 19.2 Å². The molecule has 8 aromatic rings. The van der Waals surface area contributed by atoms with Gasteiger partial charge in [0.25, 0.3) is 0 Å². The molecule has 582 valence electrons. The van der Waals surface area contributed by atoms with E-state index in [1.807, 2.05) is 115 Å². The maximum Gasteiger partial charge on any atom is 0.425 e. The first-order valence-corrected chi connectivity index (χ1v) is 38.2. The Morgan fingerprint density at radius 1 is 0.400 bits per heavy atom. The molecule has 2 saturated heterocycles. The van der Waals surface area contributed by atoms with Gasteiger partial charge < -0.3 is 59.3 Å². The van der Waals surface area contributed by atoms with Crippen molar-refractivity contribution < 1.29 is 57.3 Å². The van der Waals surface area contributed by atoms with E-state index < -0.39 is 54.5 Å². The monoisotopic (exact) mass is 1500 g/mol. The maximum absolute atomic E-state index is 15.3. The molecule has 6 heterocycles. The second kappa shape index (κ2) is 34.5. The fourth-order valence-electron chi connectivity index (χ4n) is 16.3. The van der Waals surface area contributed by atoms with Crippen LogP contribution in [-0.4, -0.2) is 173 Å². The van der Waals surface area contributed by atoms with Crippen molar-refractivity contribution in [2.75, 3.05) is 41.5 Å². The molecule has 2 aliphatic carbocycles. The minimum atomic E-state index is -0.919. The summed E-state index contributed by atoms with van der Waals surface area (Å²) in [4.78, 5) is 145. The van der Waals surface area contributed by atoms with Crippen molar-refractivity contribution in [3.8, 4) is 67.3 Å². The van der Waals surface area contributed by atoms with E-state index in [9.17, 15) is 28.8 Å². The molecule has 8 N–H and O–H groups in total. The Labute approximate surface area is 640 Å². The number of likely N-dealkylation sites (tertiary alicyclic amines) is 2. The molecule has 0 spiro atoms. The van der Waals surface area contributed by atoms with Gasteiger partial charge in [-0.05, 0) is 147 Å². The highest BCUT2D eigenvalue weighted by Crippen LogP contribution is 2.49. The molecule has 2 unspecified atom stereocenters. The third kappa shape index (κ3) is 17.2. The number of carbonyl (C=O) groups is 8. The second-order valence-corrected chi connectivity index (χ2v) is 30.5. The zero-order chi connectivity index (χ0) is 78.2. The first kappa shape index (κ1) is 78.3. The van der Waals surface area contributed by atoms with Gasteiger partial charge in [-0.1, -0.05) is 138 Å². The van der Waals surface area contributed by atoms with Crippen molar-refractivity contribution in [1.82, 2.24) is 81.2 Å². The fraction of sp³-hybridized carbons (Fsp3) is 0.463. The molecule has 4 aromatic heterocycles. The van der Waals surface area contributed by atoms with Crippen LogP contribution in [-0.2, 0) is 38.1 Å². The lowest BCUT2D eigenvalue weighted by Gasteiger charge is -2.40. The number of ether oxygens (including phenoxy) is 4. The second-order valence-electron chi connectivity index (χ2n) is 30.5. The van der Waals surface area contributed by atoms with Gasteiger partial charge in [0.2, 0.25) is 23.6 Å². The molecule has 2 aliphatic heterocycles. The van der Waals surface area contributed by atoms with Crippen LogP contribution in [0.15, 0.2) is 122 Å². The Bertz CT molecular complexity index is 4550. The van der Waals surface area contributed by atoms with Crippen molar-refractivity contribution >= 4 is 48.0 Å². The summed E-state index contributed by atoms with van der Waals surface area (Å²) in [6.45, 7) is 15.8. The number of aromatic nitrogens is 8. The molecule has 12 rings (SSSR count). The molecule has 8 amide bonds. The predicted octanol–water partition coefficient (Wildman–Crippen LogP) is 13.4. The zero-order valence-corrected chi connectivity index (χ0v) is 64.6. The number of alkyl carbamates (subject to hydrolysis) is 2. The van der Waals surface area contributed by atoms with Gasteiger partial charge in [-0.25, -0.2) is 60.0 Å². The van der Waals surface area contributed by atoms with E-state index in [1.54, 1.807) is 23.5 Å². The number of hydrazine groups is 2. The van der Waals surface area contributed by atoms with Crippen molar-refractivity contribution in [3.63, 3.8) is 0 Å². The summed E-state index contributed by atoms with van der Waals surface area (Å²) in [5, 5.41) is 8.22. The third-order valence-corrected chi connectivity index (χ3v) is 22.4. The van der Waals surface area contributed by atoms with E-state index in [0.29, 0.717) is 62.7 Å². The molecule has 28 heteroatoms. The van der Waals surface area contributed by atoms with Crippen molar-refractivity contribution in [3.05, 3.63) is 145 Å². The van der Waals surface area contributed by atoms with E-state index >= 15 is 9.59 Å². The number of carbonyl (C=O) groups excluding carboxylic acids is 8. The van der Waals surface area contributed by atoms with E-state index in [1.165, 1.54) is 38.5 Å². The zero-order valence-electron chi connectivity index (χ0n) is 64.6. The predicted molar refractivity (Wildman–Crippen MR) is 412 cm³/mol. The van der Waals surface area contributed by atoms with Gasteiger partial charge in [0, 0.05) is 42.9 Å². The number of imidazole rings is 4. The van der Waals surface area contributed by atoms with Crippen LogP contribution in [0.5, 0.6) is 0 Å². The highest BCUT2D eigenvalue weighted by atomic mass is 16.6. The number of benzene rings is 4. The Balaban J connectivity index is 0.738. The minimum absolute atomic E-state index is 0.0753. The lowest BCUT2D eigenvalue weighted by Crippen LogP contribution is -2.54. The van der Waals surface area contributed by atoms with E-state index in [-0.39, 0.29) is 77.1 Å². The van der Waals surface area contributed by atoms with Crippen LogP contribution < -0.4 is 21.5 Å². The third-order valence-electron chi connectivity index (χ3n) is 22.4. The largest absolute Gasteiger partial charge is 0.453 e. The van der Waals surface area contributed by atoms with E-state index in [2.05, 4.69) is 90.0 Å². The molecule has 110 heavy (non-hydrogen) atoms. The number of H-pyrrole nitrogens is 4. The Morgan fingerprint density at radius 2 is 0.764 bits per heavy atom. The van der Waals surface area contributed by atoms with Crippen molar-refractivity contribution in [2.45, 2.75) is 168 Å². The highest BCUT2D eigenvalue weighted by Gasteiger charge is 2.49. The number of hydrogen-bond donors (Lipinski definition) is 8. The molecule has 2 saturated carbocycles. The van der Waals surface area contributed by atoms with Gasteiger partial charge in [0.1, 0.15) is 35.4 Å². The number of methoxy groups -OCH3 is 4. The summed E-state index contributed by atoms with van der Waals surface area (Å²) in [5.41, 5.74) is 16.1. The van der Waals surface area contributed by atoms with Crippen molar-refractivity contribution in [2.24, 2.45) is 35.5 Å². The summed E-state index contributed by atoms with van der Waals surface area (Å²) in [7, 11) is 5.07. The maximum atomic E-state index is 15.3. The summed E-state index contributed by atoms with van der Waals surface area (Å²) < 4.78 is 19.7. The molecular formula is C82H102N16O12. The first-order valence-electron chi connectivity index (χ1n) is 38.2. The summed E-state index contributed by atoms with van der Waals surface area (Å²) in [6, 6.07) is 29.6. The van der Waals surface area contributed by atoms with Gasteiger partial charge >= 0.3 is 24.4 Å². The average molecular weight is 1500 g/mol. The Kier molecular flexibility index (Phi) is 24.5. The first-order chi connectivity index (χ1) is 52.9. The lowest BCUT2D eigenvalue weighted by molar-refractivity contribution is -0.143. The SMILES string of the molecule is COC(=O)N[C@H](C(=O)N1CCC[C@H]1c1ncc(-c2ccc(-c3ccc(-c4cnc([C@H]5CCC(C6C[C@@H](c7ncc(-c8ccc(-c9ccc(-c%10cnc([C@@H]%11CCCC[C@H]%11C(=O)N(NC(=O)OC)C(C)C)[nH]%10)cc9)cc8)[nH]7)N(C(=O)[C@@H](NC(=O)OC)C(C)C)C6)C[C@@H]5C(=O)N(NC(=O)OC)C(C)C)[nH]4)cc3)cc2)[nH]1)C(C)C. The molecule has 4 aromatic carbocycles. The van der Waals surface area contributed by atoms with Crippen LogP contribution in [0.25, 0.3) is 67.3 Å². The standard InChI is InChI=1S/C82H102N16O12/c1-45(2)69(91-79(103)107-9)77(101)95-37-15-18-67(95)73-85-42-65(89-73)55-31-23-51(24-32-55)50-21-29-54(30-22-50)64-41-84-72(88-64)60-36-35-57(38-62(60)76(100)98(48(7)8)94-82(106)110-12)58-39-68(96(44-58)78(102)70(46(3)4)92-80(104)108-10)74-86-43-66(90-74)56-33-25-52(26-34-56)49-19-27-53(28-20-49)63-40-83-71(87-63)59-16-13-14-17-61(59)75(99)97(47(5)6)93-81(105)109-11/h19-34,40-43,45-48,57-62,67-70H,13-18,35-39,44H2,1-12H3,(H,83,87)(H,84,88)(H,85,89)(H,86,90)(H,91,103)(H,92,104)(H,93,105)(H,94,106)/t57?,58?,59-,60+,61-,62+,67+,68+,69+,70+/m1/s1. The number of hydrogen-bond acceptors (Lipinski definition) is 16. The molecular weight excluding hydrogens is 1400 g/mol. The fourth-order valence-corrected chi connectivity index (χ4v) is 16.3. The number of nitrogens with one attached hydrogen (secondary N) is 8. The molecule has 4 aliphatic rings. The van der Waals surface area contributed by atoms with Gasteiger partial charge in [0.05, 0.1) is 94.0 Å². The quantitative estimate of drug-likeness (QED) is 0.0245. The van der Waals surface area contributed by atoms with E-state index in [4.69, 9.17) is 38.9 Å². The molecule has 4 fully saturated rings. The van der Waals surface area contributed by atoms with Crippen LogP contribution in [0.1, 0.15) is 167 Å². The summed E-state index contributed by atoms with van der Waals surface area (Å²) >= 11 is 0. The number of rotatable bonds is 21. The Morgan fingerprint density at radius 3 is 1.17 bits per heavy atom.